The fraction of sp³-hybridized carbons (Fsp3) is 0.700. The summed E-state index contributed by atoms with van der Waals surface area (Å²) in [5.74, 6) is -1.59. The molecule has 0 saturated heterocycles. The average molecular weight is 261 g/mol. The molecule has 104 valence electrons. The van der Waals surface area contributed by atoms with Crippen molar-refractivity contribution >= 4 is 17.9 Å². The van der Waals surface area contributed by atoms with Crippen molar-refractivity contribution in [2.24, 2.45) is 5.41 Å². The first-order valence-corrected chi connectivity index (χ1v) is 5.34. The Morgan fingerprint density at radius 3 is 2.22 bits per heavy atom. The molecule has 0 rings (SSSR count). The van der Waals surface area contributed by atoms with Crippen molar-refractivity contribution in [3.05, 3.63) is 0 Å². The Kier molecular flexibility index (Phi) is 6.11. The zero-order valence-corrected chi connectivity index (χ0v) is 10.6. The first-order valence-electron chi connectivity index (χ1n) is 5.34. The maximum Gasteiger partial charge on any atom is 0.328 e. The number of carboxylic acid groups (broad SMARTS) is 1. The summed E-state index contributed by atoms with van der Waals surface area (Å²) < 4.78 is 0. The molecule has 3 amide bonds. The number of aliphatic carboxylic acids is 1. The average Bonchev–Trinajstić information content (AvgIpc) is 2.31. The van der Waals surface area contributed by atoms with Gasteiger partial charge in [0, 0.05) is 13.6 Å². The van der Waals surface area contributed by atoms with Gasteiger partial charge in [-0.3, -0.25) is 4.79 Å². The zero-order chi connectivity index (χ0) is 14.3. The van der Waals surface area contributed by atoms with Gasteiger partial charge in [-0.15, -0.1) is 0 Å². The lowest BCUT2D eigenvalue weighted by Crippen LogP contribution is -2.51. The lowest BCUT2D eigenvalue weighted by atomic mass is 9.92. The molecule has 8 heteroatoms. The quantitative estimate of drug-likeness (QED) is 0.398. The minimum absolute atomic E-state index is 0.0380. The molecule has 0 bridgehead atoms. The van der Waals surface area contributed by atoms with Gasteiger partial charge in [0.05, 0.1) is 12.0 Å². The molecular formula is C10H19N3O5. The first-order chi connectivity index (χ1) is 8.24. The van der Waals surface area contributed by atoms with E-state index in [9.17, 15) is 14.4 Å². The van der Waals surface area contributed by atoms with E-state index in [2.05, 4.69) is 16.0 Å². The van der Waals surface area contributed by atoms with E-state index >= 15 is 0 Å². The van der Waals surface area contributed by atoms with Crippen molar-refractivity contribution in [1.29, 1.82) is 0 Å². The minimum Gasteiger partial charge on any atom is -0.480 e. The van der Waals surface area contributed by atoms with Crippen molar-refractivity contribution in [3.63, 3.8) is 0 Å². The first kappa shape index (κ1) is 16.2. The van der Waals surface area contributed by atoms with Crippen LogP contribution in [0.3, 0.4) is 0 Å². The molecule has 0 aliphatic heterocycles. The number of carboxylic acids is 1. The Labute approximate surface area is 105 Å². The number of hydrogen-bond acceptors (Lipinski definition) is 4. The zero-order valence-electron chi connectivity index (χ0n) is 10.6. The van der Waals surface area contributed by atoms with Crippen LogP contribution in [0.4, 0.5) is 4.79 Å². The predicted octanol–water partition coefficient (Wildman–Crippen LogP) is -1.50. The van der Waals surface area contributed by atoms with E-state index in [1.807, 2.05) is 0 Å². The fourth-order valence-electron chi connectivity index (χ4n) is 1.11. The lowest BCUT2D eigenvalue weighted by molar-refractivity contribution is -0.140. The molecular weight excluding hydrogens is 242 g/mol. The van der Waals surface area contributed by atoms with Gasteiger partial charge in [-0.25, -0.2) is 9.59 Å². The second-order valence-corrected chi connectivity index (χ2v) is 4.36. The van der Waals surface area contributed by atoms with Crippen LogP contribution in [0.25, 0.3) is 0 Å². The number of carbonyl (C=O) groups excluding carboxylic acids is 2. The highest BCUT2D eigenvalue weighted by Crippen LogP contribution is 2.12. The normalized spacial score (nSPS) is 12.4. The molecule has 0 aromatic rings. The summed E-state index contributed by atoms with van der Waals surface area (Å²) >= 11 is 0. The Morgan fingerprint density at radius 2 is 1.83 bits per heavy atom. The van der Waals surface area contributed by atoms with Crippen LogP contribution in [-0.4, -0.2) is 54.4 Å². The van der Waals surface area contributed by atoms with E-state index in [1.165, 1.54) is 7.05 Å². The van der Waals surface area contributed by atoms with Crippen LogP contribution in [0.1, 0.15) is 13.8 Å². The summed E-state index contributed by atoms with van der Waals surface area (Å²) in [6.07, 6.45) is 0. The van der Waals surface area contributed by atoms with E-state index in [0.29, 0.717) is 0 Å². The second-order valence-electron chi connectivity index (χ2n) is 4.36. The SMILES string of the molecule is CNC(=O)C(C)(C)CNC(=O)N[C@@H](CO)C(=O)O. The fourth-order valence-corrected chi connectivity index (χ4v) is 1.11. The van der Waals surface area contributed by atoms with Gasteiger partial charge in [-0.1, -0.05) is 0 Å². The summed E-state index contributed by atoms with van der Waals surface area (Å²) in [5.41, 5.74) is -0.815. The van der Waals surface area contributed by atoms with E-state index < -0.39 is 30.1 Å². The van der Waals surface area contributed by atoms with Gasteiger partial charge in [0.2, 0.25) is 5.91 Å². The maximum atomic E-state index is 11.4. The molecule has 1 atom stereocenters. The predicted molar refractivity (Wildman–Crippen MR) is 62.9 cm³/mol. The van der Waals surface area contributed by atoms with Crippen LogP contribution < -0.4 is 16.0 Å². The number of aliphatic hydroxyl groups is 1. The summed E-state index contributed by atoms with van der Waals surface area (Å²) in [6, 6.07) is -2.12. The van der Waals surface area contributed by atoms with Gasteiger partial charge in [0.15, 0.2) is 6.04 Å². The molecule has 0 saturated carbocycles. The number of amides is 3. The monoisotopic (exact) mass is 261 g/mol. The lowest BCUT2D eigenvalue weighted by Gasteiger charge is -2.23. The molecule has 0 aliphatic rings. The van der Waals surface area contributed by atoms with Crippen LogP contribution in [0, 0.1) is 5.41 Å². The summed E-state index contributed by atoms with van der Waals surface area (Å²) in [5, 5.41) is 24.2. The van der Waals surface area contributed by atoms with Gasteiger partial charge in [0.1, 0.15) is 0 Å². The van der Waals surface area contributed by atoms with Crippen molar-refractivity contribution in [1.82, 2.24) is 16.0 Å². The largest absolute Gasteiger partial charge is 0.480 e. The van der Waals surface area contributed by atoms with Gasteiger partial charge in [-0.05, 0) is 13.8 Å². The summed E-state index contributed by atoms with van der Waals surface area (Å²) in [6.45, 7) is 2.59. The number of urea groups is 1. The Hall–Kier alpha value is -1.83. The van der Waals surface area contributed by atoms with E-state index in [4.69, 9.17) is 10.2 Å². The van der Waals surface area contributed by atoms with Crippen LogP contribution >= 0.6 is 0 Å². The van der Waals surface area contributed by atoms with Crippen molar-refractivity contribution < 1.29 is 24.6 Å². The number of aliphatic hydroxyl groups excluding tert-OH is 1. The van der Waals surface area contributed by atoms with Crippen molar-refractivity contribution in [3.8, 4) is 0 Å². The standard InChI is InChI=1S/C10H19N3O5/c1-10(2,8(17)11-3)5-12-9(18)13-6(4-14)7(15)16/h6,14H,4-5H2,1-3H3,(H,11,17)(H,15,16)(H2,12,13,18)/t6-/m0/s1. The highest BCUT2D eigenvalue weighted by molar-refractivity contribution is 5.84. The van der Waals surface area contributed by atoms with E-state index in [-0.39, 0.29) is 12.5 Å². The molecule has 0 aromatic carbocycles. The Morgan fingerprint density at radius 1 is 1.28 bits per heavy atom. The minimum atomic E-state index is -1.37. The van der Waals surface area contributed by atoms with Gasteiger partial charge in [-0.2, -0.15) is 0 Å². The third-order valence-electron chi connectivity index (χ3n) is 2.32. The highest BCUT2D eigenvalue weighted by Gasteiger charge is 2.27. The van der Waals surface area contributed by atoms with Crippen molar-refractivity contribution in [2.45, 2.75) is 19.9 Å². The molecule has 18 heavy (non-hydrogen) atoms. The van der Waals surface area contributed by atoms with Crippen LogP contribution in [0.5, 0.6) is 0 Å². The Bertz CT molecular complexity index is 329. The Balaban J connectivity index is 4.26. The van der Waals surface area contributed by atoms with Gasteiger partial charge < -0.3 is 26.2 Å². The number of nitrogens with one attached hydrogen (secondary N) is 3. The third-order valence-corrected chi connectivity index (χ3v) is 2.32. The molecule has 0 aliphatic carbocycles. The molecule has 0 radical (unpaired) electrons. The van der Waals surface area contributed by atoms with Crippen LogP contribution in [-0.2, 0) is 9.59 Å². The molecule has 0 aromatic heterocycles. The van der Waals surface area contributed by atoms with Crippen LogP contribution in [0.2, 0.25) is 0 Å². The molecule has 8 nitrogen and oxygen atoms in total. The smallest absolute Gasteiger partial charge is 0.328 e. The molecule has 0 unspecified atom stereocenters. The van der Waals surface area contributed by atoms with Crippen LogP contribution in [0.15, 0.2) is 0 Å². The summed E-state index contributed by atoms with van der Waals surface area (Å²) in [4.78, 5) is 33.3. The topological polar surface area (TPSA) is 128 Å². The van der Waals surface area contributed by atoms with E-state index in [0.717, 1.165) is 0 Å². The summed E-state index contributed by atoms with van der Waals surface area (Å²) in [7, 11) is 1.48. The number of rotatable bonds is 6. The number of carbonyl (C=O) groups is 3. The van der Waals surface area contributed by atoms with Gasteiger partial charge in [0.25, 0.3) is 0 Å². The molecule has 0 heterocycles. The molecule has 5 N–H and O–H groups in total. The third kappa shape index (κ3) is 5.00. The molecule has 0 fully saturated rings. The second kappa shape index (κ2) is 6.80. The number of hydrogen-bond donors (Lipinski definition) is 5. The van der Waals surface area contributed by atoms with E-state index in [1.54, 1.807) is 13.8 Å². The molecule has 0 spiro atoms. The van der Waals surface area contributed by atoms with Crippen molar-refractivity contribution in [2.75, 3.05) is 20.2 Å². The highest BCUT2D eigenvalue weighted by atomic mass is 16.4. The van der Waals surface area contributed by atoms with Gasteiger partial charge >= 0.3 is 12.0 Å². The maximum absolute atomic E-state index is 11.4.